The van der Waals surface area contributed by atoms with Crippen LogP contribution in [0.1, 0.15) is 32.6 Å². The molecule has 0 radical (unpaired) electrons. The molecular formula is C10H18O3. The summed E-state index contributed by atoms with van der Waals surface area (Å²) in [6.07, 6.45) is 3.40. The maximum absolute atomic E-state index is 9.70. The molecule has 0 aromatic carbocycles. The lowest BCUT2D eigenvalue weighted by atomic mass is 9.81. The molecular weight excluding hydrogens is 168 g/mol. The number of hydrogen-bond acceptors (Lipinski definition) is 3. The van der Waals surface area contributed by atoms with Gasteiger partial charge in [0.1, 0.15) is 0 Å². The molecule has 1 aliphatic heterocycles. The van der Waals surface area contributed by atoms with Crippen molar-refractivity contribution in [1.82, 2.24) is 0 Å². The fourth-order valence-electron chi connectivity index (χ4n) is 2.42. The SMILES string of the molecule is CC[C@@H]1CC2(CC[C@H]1O)OCCO2. The Hall–Kier alpha value is -0.120. The number of ether oxygens (including phenoxy) is 2. The van der Waals surface area contributed by atoms with E-state index in [9.17, 15) is 5.11 Å². The molecule has 76 valence electrons. The highest BCUT2D eigenvalue weighted by Crippen LogP contribution is 2.39. The Bertz CT molecular complexity index is 175. The van der Waals surface area contributed by atoms with Crippen LogP contribution in [0.15, 0.2) is 0 Å². The smallest absolute Gasteiger partial charge is 0.168 e. The van der Waals surface area contributed by atoms with Gasteiger partial charge in [0.15, 0.2) is 5.79 Å². The van der Waals surface area contributed by atoms with E-state index in [1.807, 2.05) is 0 Å². The van der Waals surface area contributed by atoms with E-state index in [4.69, 9.17) is 9.47 Å². The first kappa shape index (κ1) is 9.44. The summed E-state index contributed by atoms with van der Waals surface area (Å²) < 4.78 is 11.3. The van der Waals surface area contributed by atoms with E-state index in [0.717, 1.165) is 25.7 Å². The quantitative estimate of drug-likeness (QED) is 0.671. The summed E-state index contributed by atoms with van der Waals surface area (Å²) in [4.78, 5) is 0. The molecule has 0 amide bonds. The fourth-order valence-corrected chi connectivity index (χ4v) is 2.42. The third-order valence-corrected chi connectivity index (χ3v) is 3.28. The predicted octanol–water partition coefficient (Wildman–Crippen LogP) is 1.30. The summed E-state index contributed by atoms with van der Waals surface area (Å²) in [6, 6.07) is 0. The van der Waals surface area contributed by atoms with Gasteiger partial charge in [-0.2, -0.15) is 0 Å². The van der Waals surface area contributed by atoms with Crippen LogP contribution in [-0.4, -0.2) is 30.2 Å². The first-order chi connectivity index (χ1) is 6.26. The first-order valence-corrected chi connectivity index (χ1v) is 5.22. The topological polar surface area (TPSA) is 38.7 Å². The molecule has 2 rings (SSSR count). The van der Waals surface area contributed by atoms with Crippen molar-refractivity contribution >= 4 is 0 Å². The molecule has 0 bridgehead atoms. The maximum atomic E-state index is 9.70. The molecule has 0 aromatic heterocycles. The van der Waals surface area contributed by atoms with E-state index in [1.165, 1.54) is 0 Å². The van der Waals surface area contributed by atoms with Crippen LogP contribution < -0.4 is 0 Å². The molecule has 0 unspecified atom stereocenters. The Balaban J connectivity index is 2.01. The van der Waals surface area contributed by atoms with Gasteiger partial charge in [-0.3, -0.25) is 0 Å². The van der Waals surface area contributed by atoms with Crippen LogP contribution >= 0.6 is 0 Å². The van der Waals surface area contributed by atoms with Crippen molar-refractivity contribution in [2.45, 2.75) is 44.5 Å². The highest BCUT2D eigenvalue weighted by atomic mass is 16.7. The second-order valence-corrected chi connectivity index (χ2v) is 4.09. The third kappa shape index (κ3) is 1.73. The van der Waals surface area contributed by atoms with Crippen molar-refractivity contribution < 1.29 is 14.6 Å². The molecule has 13 heavy (non-hydrogen) atoms. The average molecular weight is 186 g/mol. The van der Waals surface area contributed by atoms with Gasteiger partial charge < -0.3 is 14.6 Å². The maximum Gasteiger partial charge on any atom is 0.168 e. The lowest BCUT2D eigenvalue weighted by Gasteiger charge is -2.38. The van der Waals surface area contributed by atoms with E-state index in [1.54, 1.807) is 0 Å². The lowest BCUT2D eigenvalue weighted by molar-refractivity contribution is -0.202. The zero-order valence-electron chi connectivity index (χ0n) is 8.16. The first-order valence-electron chi connectivity index (χ1n) is 5.22. The lowest BCUT2D eigenvalue weighted by Crippen LogP contribution is -2.42. The van der Waals surface area contributed by atoms with Crippen molar-refractivity contribution in [3.05, 3.63) is 0 Å². The number of aliphatic hydroxyl groups is 1. The van der Waals surface area contributed by atoms with E-state index >= 15 is 0 Å². The standard InChI is InChI=1S/C10H18O3/c1-2-8-7-10(4-3-9(8)11)12-5-6-13-10/h8-9,11H,2-7H2,1H3/t8-,9-/m1/s1. The highest BCUT2D eigenvalue weighted by Gasteiger charge is 2.43. The van der Waals surface area contributed by atoms with Crippen LogP contribution in [0.4, 0.5) is 0 Å². The zero-order valence-corrected chi connectivity index (χ0v) is 8.16. The summed E-state index contributed by atoms with van der Waals surface area (Å²) in [5.74, 6) is 0.0201. The van der Waals surface area contributed by atoms with Crippen molar-refractivity contribution in [2.75, 3.05) is 13.2 Å². The molecule has 3 heteroatoms. The summed E-state index contributed by atoms with van der Waals surface area (Å²) in [5.41, 5.74) is 0. The Morgan fingerprint density at radius 3 is 2.69 bits per heavy atom. The second-order valence-electron chi connectivity index (χ2n) is 4.09. The van der Waals surface area contributed by atoms with Crippen LogP contribution in [0.25, 0.3) is 0 Å². The molecule has 1 aliphatic carbocycles. The van der Waals surface area contributed by atoms with Gasteiger partial charge in [0.05, 0.1) is 19.3 Å². The third-order valence-electron chi connectivity index (χ3n) is 3.28. The van der Waals surface area contributed by atoms with E-state index < -0.39 is 0 Å². The van der Waals surface area contributed by atoms with Gasteiger partial charge in [-0.15, -0.1) is 0 Å². The van der Waals surface area contributed by atoms with Crippen molar-refractivity contribution in [3.63, 3.8) is 0 Å². The van der Waals surface area contributed by atoms with Gasteiger partial charge >= 0.3 is 0 Å². The number of aliphatic hydroxyl groups excluding tert-OH is 1. The minimum Gasteiger partial charge on any atom is -0.393 e. The van der Waals surface area contributed by atoms with Crippen molar-refractivity contribution in [3.8, 4) is 0 Å². The van der Waals surface area contributed by atoms with Crippen LogP contribution in [-0.2, 0) is 9.47 Å². The van der Waals surface area contributed by atoms with Crippen LogP contribution in [0.2, 0.25) is 0 Å². The largest absolute Gasteiger partial charge is 0.393 e. The summed E-state index contributed by atoms with van der Waals surface area (Å²) in [5, 5.41) is 9.70. The molecule has 1 N–H and O–H groups in total. The molecule has 1 saturated heterocycles. The molecule has 2 fully saturated rings. The van der Waals surface area contributed by atoms with Gasteiger partial charge in [0.2, 0.25) is 0 Å². The molecule has 1 heterocycles. The molecule has 1 spiro atoms. The molecule has 1 saturated carbocycles. The Morgan fingerprint density at radius 1 is 1.38 bits per heavy atom. The highest BCUT2D eigenvalue weighted by molar-refractivity contribution is 4.87. The van der Waals surface area contributed by atoms with Gasteiger partial charge in [0, 0.05) is 12.8 Å². The zero-order chi connectivity index (χ0) is 9.31. The Labute approximate surface area is 79.0 Å². The average Bonchev–Trinajstić information content (AvgIpc) is 2.59. The van der Waals surface area contributed by atoms with E-state index in [2.05, 4.69) is 6.92 Å². The van der Waals surface area contributed by atoms with Gasteiger partial charge in [-0.05, 0) is 12.3 Å². The van der Waals surface area contributed by atoms with Crippen LogP contribution in [0.5, 0.6) is 0 Å². The number of rotatable bonds is 1. The normalized spacial score (nSPS) is 38.3. The number of hydrogen-bond donors (Lipinski definition) is 1. The minimum absolute atomic E-state index is 0.150. The summed E-state index contributed by atoms with van der Waals surface area (Å²) in [7, 11) is 0. The summed E-state index contributed by atoms with van der Waals surface area (Å²) in [6.45, 7) is 3.54. The van der Waals surface area contributed by atoms with Crippen molar-refractivity contribution in [1.29, 1.82) is 0 Å². The fraction of sp³-hybridized carbons (Fsp3) is 1.00. The molecule has 3 nitrogen and oxygen atoms in total. The monoisotopic (exact) mass is 186 g/mol. The van der Waals surface area contributed by atoms with E-state index in [-0.39, 0.29) is 11.9 Å². The molecule has 2 atom stereocenters. The van der Waals surface area contributed by atoms with Gasteiger partial charge in [-0.25, -0.2) is 0 Å². The second kappa shape index (κ2) is 3.56. The van der Waals surface area contributed by atoms with Gasteiger partial charge in [-0.1, -0.05) is 13.3 Å². The van der Waals surface area contributed by atoms with Gasteiger partial charge in [0.25, 0.3) is 0 Å². The molecule has 0 aromatic rings. The van der Waals surface area contributed by atoms with Crippen LogP contribution in [0.3, 0.4) is 0 Å². The van der Waals surface area contributed by atoms with Crippen molar-refractivity contribution in [2.24, 2.45) is 5.92 Å². The molecule has 2 aliphatic rings. The Morgan fingerprint density at radius 2 is 2.08 bits per heavy atom. The van der Waals surface area contributed by atoms with E-state index in [0.29, 0.717) is 19.1 Å². The van der Waals surface area contributed by atoms with Crippen LogP contribution in [0, 0.1) is 5.92 Å². The predicted molar refractivity (Wildman–Crippen MR) is 48.3 cm³/mol. The summed E-state index contributed by atoms with van der Waals surface area (Å²) >= 11 is 0. The minimum atomic E-state index is -0.333. The Kier molecular flexibility index (Phi) is 2.58.